The van der Waals surface area contributed by atoms with Crippen molar-refractivity contribution in [2.45, 2.75) is 99.1 Å². The van der Waals surface area contributed by atoms with Gasteiger partial charge in [0.15, 0.2) is 0 Å². The van der Waals surface area contributed by atoms with Gasteiger partial charge in [-0.15, -0.1) is 0 Å². The van der Waals surface area contributed by atoms with Crippen molar-refractivity contribution in [3.8, 4) is 0 Å². The van der Waals surface area contributed by atoms with Crippen molar-refractivity contribution in [2.24, 2.45) is 4.99 Å². The summed E-state index contributed by atoms with van der Waals surface area (Å²) in [5, 5.41) is 0.0844. The quantitative estimate of drug-likeness (QED) is 0.143. The van der Waals surface area contributed by atoms with Crippen molar-refractivity contribution in [1.29, 1.82) is 0 Å². The molecule has 0 bridgehead atoms. The van der Waals surface area contributed by atoms with Crippen LogP contribution in [-0.4, -0.2) is 5.71 Å². The summed E-state index contributed by atoms with van der Waals surface area (Å²) >= 11 is 6.08. The molecule has 0 aliphatic carbocycles. The molecule has 0 fully saturated rings. The number of nitrogens with zero attached hydrogens (tertiary/aromatic N) is 1. The van der Waals surface area contributed by atoms with Crippen LogP contribution in [0.1, 0.15) is 109 Å². The van der Waals surface area contributed by atoms with Gasteiger partial charge in [-0.05, 0) is 99.1 Å². The van der Waals surface area contributed by atoms with Gasteiger partial charge in [0.05, 0.1) is 10.6 Å². The Kier molecular flexibility index (Phi) is 15.2. The van der Waals surface area contributed by atoms with Gasteiger partial charge in [-0.1, -0.05) is 82.0 Å². The van der Waals surface area contributed by atoms with Gasteiger partial charge in [0.2, 0.25) is 0 Å². The molecule has 2 aromatic carbocycles. The molecule has 1 unspecified atom stereocenters. The second-order valence-electron chi connectivity index (χ2n) is 10.2. The first kappa shape index (κ1) is 35.4. The second-order valence-corrected chi connectivity index (χ2v) is 10.6. The maximum Gasteiger partial charge on any atom is 0.416 e. The third kappa shape index (κ3) is 11.4. The normalized spacial score (nSPS) is 13.6. The number of alkyl halides is 3. The van der Waals surface area contributed by atoms with Crippen molar-refractivity contribution in [3.63, 3.8) is 0 Å². The van der Waals surface area contributed by atoms with Gasteiger partial charge in [0.1, 0.15) is 5.82 Å². The monoisotopic (exact) mass is 577 g/mol. The highest BCUT2D eigenvalue weighted by atomic mass is 35.5. The minimum atomic E-state index is -4.35. The Morgan fingerprint density at radius 1 is 1.00 bits per heavy atom. The highest BCUT2D eigenvalue weighted by Crippen LogP contribution is 2.37. The molecule has 0 amide bonds. The predicted molar refractivity (Wildman–Crippen MR) is 165 cm³/mol. The Hall–Kier alpha value is -2.66. The number of halogens is 5. The SMILES string of the molecule is C=C(C)/C=C\N=C(C)CCC.CCCC/C(=C(/C)C(C)c1ccc(C(F)(F)F)cc1)c1cc(Cl)c(F)cc1CC. The first-order valence-electron chi connectivity index (χ1n) is 14.0. The number of hydrogen-bond donors (Lipinski definition) is 0. The van der Waals surface area contributed by atoms with E-state index in [1.165, 1.54) is 23.9 Å². The number of aliphatic imine (C=N–C) groups is 1. The van der Waals surface area contributed by atoms with E-state index in [-0.39, 0.29) is 10.9 Å². The van der Waals surface area contributed by atoms with E-state index < -0.39 is 17.6 Å². The van der Waals surface area contributed by atoms with Crippen molar-refractivity contribution >= 4 is 22.9 Å². The van der Waals surface area contributed by atoms with Crippen LogP contribution in [0.15, 0.2) is 71.4 Å². The third-order valence-electron chi connectivity index (χ3n) is 6.76. The van der Waals surface area contributed by atoms with Crippen LogP contribution in [0.25, 0.3) is 5.57 Å². The number of benzene rings is 2. The fourth-order valence-electron chi connectivity index (χ4n) is 4.25. The van der Waals surface area contributed by atoms with E-state index in [1.807, 2.05) is 46.9 Å². The molecule has 0 radical (unpaired) electrons. The molecule has 6 heteroatoms. The highest BCUT2D eigenvalue weighted by molar-refractivity contribution is 6.31. The minimum absolute atomic E-state index is 0.0716. The number of aryl methyl sites for hydroxylation is 1. The lowest BCUT2D eigenvalue weighted by atomic mass is 9.84. The van der Waals surface area contributed by atoms with Crippen molar-refractivity contribution in [1.82, 2.24) is 0 Å². The van der Waals surface area contributed by atoms with Crippen LogP contribution in [0, 0.1) is 5.82 Å². The van der Waals surface area contributed by atoms with Crippen LogP contribution in [0.5, 0.6) is 0 Å². The van der Waals surface area contributed by atoms with E-state index in [4.69, 9.17) is 11.6 Å². The lowest BCUT2D eigenvalue weighted by molar-refractivity contribution is -0.137. The summed E-state index contributed by atoms with van der Waals surface area (Å²) in [4.78, 5) is 4.23. The first-order chi connectivity index (χ1) is 18.8. The van der Waals surface area contributed by atoms with E-state index in [1.54, 1.807) is 6.07 Å². The molecular formula is C34H44ClF4N. The average molecular weight is 578 g/mol. The number of unbranched alkanes of at least 4 members (excludes halogenated alkanes) is 1. The topological polar surface area (TPSA) is 12.4 Å². The number of hydrogen-bond acceptors (Lipinski definition) is 1. The first-order valence-corrected chi connectivity index (χ1v) is 14.3. The van der Waals surface area contributed by atoms with Crippen molar-refractivity contribution in [3.05, 3.63) is 99.5 Å². The third-order valence-corrected chi connectivity index (χ3v) is 7.05. The lowest BCUT2D eigenvalue weighted by Crippen LogP contribution is -2.06. The van der Waals surface area contributed by atoms with Crippen molar-refractivity contribution < 1.29 is 17.6 Å². The Morgan fingerprint density at radius 3 is 2.12 bits per heavy atom. The molecule has 1 atom stereocenters. The molecule has 0 aliphatic rings. The van der Waals surface area contributed by atoms with E-state index >= 15 is 0 Å². The van der Waals surface area contributed by atoms with Crippen molar-refractivity contribution in [2.75, 3.05) is 0 Å². The fraction of sp³-hybridized carbons (Fsp3) is 0.441. The molecular weight excluding hydrogens is 534 g/mol. The summed E-state index contributed by atoms with van der Waals surface area (Å²) in [5.74, 6) is -0.506. The van der Waals surface area contributed by atoms with E-state index in [2.05, 4.69) is 25.4 Å². The summed E-state index contributed by atoms with van der Waals surface area (Å²) < 4.78 is 52.6. The van der Waals surface area contributed by atoms with Crippen LogP contribution in [0.2, 0.25) is 5.02 Å². The van der Waals surface area contributed by atoms with Gasteiger partial charge in [-0.25, -0.2) is 4.39 Å². The molecule has 2 aromatic rings. The van der Waals surface area contributed by atoms with Crippen LogP contribution < -0.4 is 0 Å². The smallest absolute Gasteiger partial charge is 0.266 e. The second kappa shape index (κ2) is 17.2. The largest absolute Gasteiger partial charge is 0.416 e. The summed E-state index contributed by atoms with van der Waals surface area (Å²) in [7, 11) is 0. The van der Waals surface area contributed by atoms with Gasteiger partial charge >= 0.3 is 6.18 Å². The van der Waals surface area contributed by atoms with E-state index in [9.17, 15) is 17.6 Å². The predicted octanol–water partition coefficient (Wildman–Crippen LogP) is 12.2. The highest BCUT2D eigenvalue weighted by Gasteiger charge is 2.30. The summed E-state index contributed by atoms with van der Waals surface area (Å²) in [6.07, 6.45) is 5.07. The lowest BCUT2D eigenvalue weighted by Gasteiger charge is -2.22. The Labute approximate surface area is 243 Å². The van der Waals surface area contributed by atoms with E-state index in [0.717, 1.165) is 77.6 Å². The van der Waals surface area contributed by atoms with Crippen LogP contribution >= 0.6 is 11.6 Å². The average Bonchev–Trinajstić information content (AvgIpc) is 2.90. The number of allylic oxidation sites excluding steroid dienone is 4. The maximum absolute atomic E-state index is 14.0. The fourth-order valence-corrected chi connectivity index (χ4v) is 4.41. The van der Waals surface area contributed by atoms with Crippen LogP contribution in [0.4, 0.5) is 17.6 Å². The summed E-state index contributed by atoms with van der Waals surface area (Å²) in [6, 6.07) is 8.48. The molecule has 0 N–H and O–H groups in total. The molecule has 40 heavy (non-hydrogen) atoms. The Bertz CT molecular complexity index is 1190. The van der Waals surface area contributed by atoms with Gasteiger partial charge in [0.25, 0.3) is 0 Å². The zero-order valence-corrected chi connectivity index (χ0v) is 25.7. The minimum Gasteiger partial charge on any atom is -0.266 e. The van der Waals surface area contributed by atoms with Gasteiger partial charge in [0, 0.05) is 17.8 Å². The molecule has 220 valence electrons. The maximum atomic E-state index is 14.0. The summed E-state index contributed by atoms with van der Waals surface area (Å²) in [6.45, 7) is 18.0. The molecule has 0 aromatic heterocycles. The van der Waals surface area contributed by atoms with Crippen LogP contribution in [-0.2, 0) is 12.6 Å². The molecule has 0 saturated carbocycles. The zero-order chi connectivity index (χ0) is 30.5. The Balaban J connectivity index is 0.000000614. The van der Waals surface area contributed by atoms with Gasteiger partial charge < -0.3 is 0 Å². The van der Waals surface area contributed by atoms with E-state index in [0.29, 0.717) is 6.42 Å². The van der Waals surface area contributed by atoms with Crippen LogP contribution in [0.3, 0.4) is 0 Å². The number of rotatable bonds is 11. The molecule has 0 saturated heterocycles. The van der Waals surface area contributed by atoms with Gasteiger partial charge in [-0.3, -0.25) is 4.99 Å². The zero-order valence-electron chi connectivity index (χ0n) is 25.0. The standard InChI is InChI=1S/C24H27ClF4.C10H17N/c1-5-7-8-20(21-14-22(25)23(26)13-17(21)6-2)16(4)15(3)18-9-11-19(12-10-18)24(27,28)29;1-5-6-10(4)11-8-7-9(2)3/h9-15H,5-8H2,1-4H3;7-8H,2,5-6H2,1,3-4H3/b20-16+;8-7-,11-10?. The van der Waals surface area contributed by atoms with Gasteiger partial charge in [-0.2, -0.15) is 13.2 Å². The molecule has 0 heterocycles. The molecule has 2 rings (SSSR count). The molecule has 0 spiro atoms. The summed E-state index contributed by atoms with van der Waals surface area (Å²) in [5.41, 5.74) is 6.37. The Morgan fingerprint density at radius 2 is 1.62 bits per heavy atom. The molecule has 1 nitrogen and oxygen atoms in total. The molecule has 0 aliphatic heterocycles.